The van der Waals surface area contributed by atoms with E-state index in [0.29, 0.717) is 6.42 Å². The lowest BCUT2D eigenvalue weighted by atomic mass is 9.81. The third-order valence-corrected chi connectivity index (χ3v) is 5.31. The molecule has 0 unspecified atom stereocenters. The number of carbonyl (C=O) groups is 1. The molecule has 0 fully saturated rings. The van der Waals surface area contributed by atoms with Gasteiger partial charge in [-0.2, -0.15) is 0 Å². The third kappa shape index (κ3) is 4.84. The first-order chi connectivity index (χ1) is 14.8. The van der Waals surface area contributed by atoms with Gasteiger partial charge in [0.2, 0.25) is 0 Å². The summed E-state index contributed by atoms with van der Waals surface area (Å²) < 4.78 is 0. The number of ketones is 1. The number of rotatable bonds is 8. The second-order valence-electron chi connectivity index (χ2n) is 7.42. The van der Waals surface area contributed by atoms with Crippen molar-refractivity contribution in [1.82, 2.24) is 0 Å². The molecule has 1 atom stereocenters. The number of carbonyl (C=O) groups excluding carboxylic acids is 1. The summed E-state index contributed by atoms with van der Waals surface area (Å²) in [7, 11) is 0. The highest BCUT2D eigenvalue weighted by Gasteiger charge is 2.30. The Morgan fingerprint density at radius 2 is 1.03 bits per heavy atom. The van der Waals surface area contributed by atoms with Gasteiger partial charge in [-0.25, -0.2) is 0 Å². The molecular formula is C28H25NO. The van der Waals surface area contributed by atoms with Gasteiger partial charge in [0.25, 0.3) is 0 Å². The Bertz CT molecular complexity index is 1010. The summed E-state index contributed by atoms with van der Waals surface area (Å²) in [6, 6.07) is 40.1. The normalized spacial score (nSPS) is 11.8. The van der Waals surface area contributed by atoms with Crippen LogP contribution in [0.25, 0.3) is 0 Å². The van der Waals surface area contributed by atoms with Crippen molar-refractivity contribution < 1.29 is 4.79 Å². The zero-order chi connectivity index (χ0) is 20.6. The predicted molar refractivity (Wildman–Crippen MR) is 124 cm³/mol. The summed E-state index contributed by atoms with van der Waals surface area (Å²) in [5, 5.41) is 3.55. The summed E-state index contributed by atoms with van der Waals surface area (Å²) in [5.74, 6) is 0.0755. The summed E-state index contributed by atoms with van der Waals surface area (Å²) >= 11 is 0. The molecule has 4 rings (SSSR count). The highest BCUT2D eigenvalue weighted by atomic mass is 16.1. The first-order valence-electron chi connectivity index (χ1n) is 10.3. The summed E-state index contributed by atoms with van der Waals surface area (Å²) in [5.41, 5.74) is 4.22. The molecule has 0 aliphatic heterocycles. The molecule has 4 aromatic carbocycles. The van der Waals surface area contributed by atoms with Crippen molar-refractivity contribution in [3.63, 3.8) is 0 Å². The molecule has 0 saturated heterocycles. The van der Waals surface area contributed by atoms with Crippen LogP contribution in [0.1, 0.15) is 22.6 Å². The Kier molecular flexibility index (Phi) is 6.36. The van der Waals surface area contributed by atoms with E-state index in [0.717, 1.165) is 22.4 Å². The van der Waals surface area contributed by atoms with Crippen molar-refractivity contribution in [2.45, 2.75) is 18.4 Å². The van der Waals surface area contributed by atoms with Gasteiger partial charge in [0, 0.05) is 18.0 Å². The monoisotopic (exact) mass is 391 g/mol. The van der Waals surface area contributed by atoms with E-state index < -0.39 is 6.04 Å². The smallest absolute Gasteiger partial charge is 0.160 e. The molecule has 0 saturated carbocycles. The van der Waals surface area contributed by atoms with E-state index in [4.69, 9.17) is 0 Å². The van der Waals surface area contributed by atoms with Crippen LogP contribution >= 0.6 is 0 Å². The second kappa shape index (κ2) is 9.71. The largest absolute Gasteiger partial charge is 0.374 e. The van der Waals surface area contributed by atoms with Crippen molar-refractivity contribution in [3.05, 3.63) is 138 Å². The Hall–Kier alpha value is -3.65. The zero-order valence-corrected chi connectivity index (χ0v) is 16.8. The first-order valence-corrected chi connectivity index (χ1v) is 10.3. The Morgan fingerprint density at radius 3 is 1.53 bits per heavy atom. The Morgan fingerprint density at radius 1 is 0.600 bits per heavy atom. The quantitative estimate of drug-likeness (QED) is 0.392. The van der Waals surface area contributed by atoms with Crippen LogP contribution in [0.4, 0.5) is 5.69 Å². The lowest BCUT2D eigenvalue weighted by Crippen LogP contribution is -2.37. The van der Waals surface area contributed by atoms with Crippen molar-refractivity contribution >= 4 is 11.5 Å². The Labute approximate surface area is 178 Å². The van der Waals surface area contributed by atoms with Crippen LogP contribution in [0.2, 0.25) is 0 Å². The fraction of sp³-hybridized carbons (Fsp3) is 0.107. The van der Waals surface area contributed by atoms with Crippen molar-refractivity contribution in [2.75, 3.05) is 5.32 Å². The van der Waals surface area contributed by atoms with Gasteiger partial charge in [0.1, 0.15) is 0 Å². The maximum Gasteiger partial charge on any atom is 0.160 e. The van der Waals surface area contributed by atoms with E-state index in [1.54, 1.807) is 0 Å². The van der Waals surface area contributed by atoms with Gasteiger partial charge in [-0.15, -0.1) is 0 Å². The van der Waals surface area contributed by atoms with Crippen molar-refractivity contribution in [3.8, 4) is 0 Å². The summed E-state index contributed by atoms with van der Waals surface area (Å²) in [4.78, 5) is 13.6. The minimum Gasteiger partial charge on any atom is -0.374 e. The molecule has 0 heterocycles. The van der Waals surface area contributed by atoms with Crippen LogP contribution in [-0.2, 0) is 11.2 Å². The molecule has 148 valence electrons. The number of hydrogen-bond acceptors (Lipinski definition) is 2. The van der Waals surface area contributed by atoms with Gasteiger partial charge in [0.05, 0.1) is 6.04 Å². The average Bonchev–Trinajstić information content (AvgIpc) is 2.81. The van der Waals surface area contributed by atoms with Gasteiger partial charge < -0.3 is 5.32 Å². The number of anilines is 1. The number of para-hydroxylation sites is 1. The molecule has 0 aromatic heterocycles. The van der Waals surface area contributed by atoms with Crippen LogP contribution in [0.3, 0.4) is 0 Å². The highest BCUT2D eigenvalue weighted by Crippen LogP contribution is 2.31. The van der Waals surface area contributed by atoms with E-state index in [9.17, 15) is 4.79 Å². The summed E-state index contributed by atoms with van der Waals surface area (Å²) in [6.07, 6.45) is 0.390. The molecule has 0 aliphatic rings. The number of benzene rings is 4. The minimum absolute atomic E-state index is 0.0937. The SMILES string of the molecule is O=C(Cc1ccccc1)[C@H](Nc1ccccc1)C(c1ccccc1)c1ccccc1. The van der Waals surface area contributed by atoms with E-state index in [1.807, 2.05) is 97.1 Å². The predicted octanol–water partition coefficient (Wildman–Crippen LogP) is 6.11. The van der Waals surface area contributed by atoms with Crippen LogP contribution in [-0.4, -0.2) is 11.8 Å². The lowest BCUT2D eigenvalue weighted by molar-refractivity contribution is -0.119. The fourth-order valence-corrected chi connectivity index (χ4v) is 3.87. The maximum atomic E-state index is 13.6. The van der Waals surface area contributed by atoms with Crippen molar-refractivity contribution in [1.29, 1.82) is 0 Å². The topological polar surface area (TPSA) is 29.1 Å². The number of hydrogen-bond donors (Lipinski definition) is 1. The van der Waals surface area contributed by atoms with E-state index in [1.165, 1.54) is 0 Å². The van der Waals surface area contributed by atoms with Gasteiger partial charge in [-0.1, -0.05) is 109 Å². The lowest BCUT2D eigenvalue weighted by Gasteiger charge is -2.29. The molecular weight excluding hydrogens is 366 g/mol. The molecule has 0 aliphatic carbocycles. The van der Waals surface area contributed by atoms with E-state index in [-0.39, 0.29) is 11.7 Å². The third-order valence-electron chi connectivity index (χ3n) is 5.31. The standard InChI is InChI=1S/C28H25NO/c30-26(21-22-13-5-1-6-14-22)28(29-25-19-11-4-12-20-25)27(23-15-7-2-8-16-23)24-17-9-3-10-18-24/h1-20,27-29H,21H2/t28-/m0/s1. The molecule has 30 heavy (non-hydrogen) atoms. The van der Waals surface area contributed by atoms with Crippen molar-refractivity contribution in [2.24, 2.45) is 0 Å². The van der Waals surface area contributed by atoms with Crippen LogP contribution in [0.5, 0.6) is 0 Å². The zero-order valence-electron chi connectivity index (χ0n) is 16.8. The molecule has 2 heteroatoms. The van der Waals surface area contributed by atoms with E-state index in [2.05, 4.69) is 29.6 Å². The molecule has 2 nitrogen and oxygen atoms in total. The van der Waals surface area contributed by atoms with Gasteiger partial charge in [0.15, 0.2) is 5.78 Å². The van der Waals surface area contributed by atoms with Crippen LogP contribution < -0.4 is 5.32 Å². The van der Waals surface area contributed by atoms with Gasteiger partial charge in [-0.05, 0) is 28.8 Å². The number of nitrogens with one attached hydrogen (secondary N) is 1. The molecule has 1 N–H and O–H groups in total. The first kappa shape index (κ1) is 19.7. The van der Waals surface area contributed by atoms with Crippen LogP contribution in [0, 0.1) is 0 Å². The molecule has 0 amide bonds. The average molecular weight is 392 g/mol. The Balaban J connectivity index is 1.75. The summed E-state index contributed by atoms with van der Waals surface area (Å²) in [6.45, 7) is 0. The van der Waals surface area contributed by atoms with E-state index >= 15 is 0 Å². The highest BCUT2D eigenvalue weighted by molar-refractivity contribution is 5.90. The van der Waals surface area contributed by atoms with Gasteiger partial charge in [-0.3, -0.25) is 4.79 Å². The molecule has 0 radical (unpaired) electrons. The molecule has 0 bridgehead atoms. The fourth-order valence-electron chi connectivity index (χ4n) is 3.87. The maximum absolute atomic E-state index is 13.6. The molecule has 0 spiro atoms. The molecule has 4 aromatic rings. The van der Waals surface area contributed by atoms with Crippen LogP contribution in [0.15, 0.2) is 121 Å². The minimum atomic E-state index is -0.391. The second-order valence-corrected chi connectivity index (χ2v) is 7.42. The number of Topliss-reactive ketones (excluding diaryl/α,β-unsaturated/α-hetero) is 1. The van der Waals surface area contributed by atoms with Gasteiger partial charge >= 0.3 is 0 Å².